The van der Waals surface area contributed by atoms with E-state index < -0.39 is 10.6 Å². The Morgan fingerprint density at radius 2 is 1.91 bits per heavy atom. The van der Waals surface area contributed by atoms with Crippen LogP contribution in [0.15, 0.2) is 59.8 Å². The second-order valence-corrected chi connectivity index (χ2v) is 8.37. The van der Waals surface area contributed by atoms with Crippen molar-refractivity contribution in [2.45, 2.75) is 17.9 Å². The summed E-state index contributed by atoms with van der Waals surface area (Å²) in [6.45, 7) is 1.77. The molecule has 0 aliphatic heterocycles. The van der Waals surface area contributed by atoms with Crippen molar-refractivity contribution in [1.82, 2.24) is 19.7 Å². The quantitative estimate of drug-likeness (QED) is 0.256. The standard InChI is InChI=1S/C23H22N7O2S/c1-15(14-31)27-22-17(7-6-16-4-3-5-21-20(16)13-26-30(21)2)12-25-23(29-22)28-18-8-10-19(11-9-18)33(24)32/h3-5,8-13,15,24,31H,14H2,1-2H3,(H2,25,27,28,29)/q-1/t15-/m1/s1. The van der Waals surface area contributed by atoms with Gasteiger partial charge in [-0.3, -0.25) is 4.68 Å². The molecule has 0 bridgehead atoms. The number of aliphatic hydroxyl groups is 1. The van der Waals surface area contributed by atoms with Gasteiger partial charge in [-0.15, -0.1) is 0 Å². The van der Waals surface area contributed by atoms with Gasteiger partial charge in [0, 0.05) is 29.7 Å². The van der Waals surface area contributed by atoms with Gasteiger partial charge in [0.2, 0.25) is 5.95 Å². The maximum absolute atomic E-state index is 11.3. The Morgan fingerprint density at radius 3 is 2.64 bits per heavy atom. The maximum atomic E-state index is 11.3. The minimum Gasteiger partial charge on any atom is -0.440 e. The summed E-state index contributed by atoms with van der Waals surface area (Å²) < 4.78 is 20.3. The van der Waals surface area contributed by atoms with Gasteiger partial charge in [0.25, 0.3) is 0 Å². The Kier molecular flexibility index (Phi) is 6.53. The maximum Gasteiger partial charge on any atom is 0.229 e. The van der Waals surface area contributed by atoms with Crippen LogP contribution in [0.3, 0.4) is 0 Å². The second-order valence-electron chi connectivity index (χ2n) is 7.36. The first kappa shape index (κ1) is 22.3. The molecule has 0 amide bonds. The lowest BCUT2D eigenvalue weighted by Gasteiger charge is -2.14. The summed E-state index contributed by atoms with van der Waals surface area (Å²) in [6.07, 6.45) is 3.41. The summed E-state index contributed by atoms with van der Waals surface area (Å²) in [4.78, 5) is 9.31. The van der Waals surface area contributed by atoms with Gasteiger partial charge < -0.3 is 24.7 Å². The van der Waals surface area contributed by atoms with E-state index in [1.165, 1.54) is 0 Å². The second kappa shape index (κ2) is 9.68. The Labute approximate surface area is 192 Å². The van der Waals surface area contributed by atoms with Crippen LogP contribution in [0.5, 0.6) is 0 Å². The molecule has 10 heteroatoms. The zero-order chi connectivity index (χ0) is 23.4. The highest BCUT2D eigenvalue weighted by molar-refractivity contribution is 7.73. The minimum atomic E-state index is -1.79. The molecule has 4 aromatic rings. The van der Waals surface area contributed by atoms with E-state index in [9.17, 15) is 9.32 Å². The molecular formula is C23H22N7O2S-. The van der Waals surface area contributed by atoms with Gasteiger partial charge in [0.05, 0.1) is 30.1 Å². The van der Waals surface area contributed by atoms with Crippen LogP contribution < -0.4 is 10.6 Å². The lowest BCUT2D eigenvalue weighted by Crippen LogP contribution is -2.21. The third kappa shape index (κ3) is 5.11. The first-order chi connectivity index (χ1) is 15.9. The summed E-state index contributed by atoms with van der Waals surface area (Å²) in [7, 11) is 0.0987. The van der Waals surface area contributed by atoms with Crippen molar-refractivity contribution < 1.29 is 9.32 Å². The third-order valence-corrected chi connectivity index (χ3v) is 5.59. The molecule has 9 nitrogen and oxygen atoms in total. The van der Waals surface area contributed by atoms with Crippen LogP contribution in [-0.4, -0.2) is 37.5 Å². The number of fused-ring (bicyclic) bond motifs is 1. The first-order valence-corrected chi connectivity index (χ1v) is 11.3. The summed E-state index contributed by atoms with van der Waals surface area (Å²) in [6, 6.07) is 12.3. The number of benzene rings is 2. The first-order valence-electron chi connectivity index (χ1n) is 10.1. The van der Waals surface area contributed by atoms with E-state index in [1.54, 1.807) is 41.3 Å². The van der Waals surface area contributed by atoms with Crippen LogP contribution in [0.25, 0.3) is 10.9 Å². The van der Waals surface area contributed by atoms with Crippen molar-refractivity contribution in [2.75, 3.05) is 17.2 Å². The van der Waals surface area contributed by atoms with Crippen molar-refractivity contribution >= 4 is 39.0 Å². The fourth-order valence-electron chi connectivity index (χ4n) is 3.13. The number of aryl methyl sites for hydroxylation is 1. The van der Waals surface area contributed by atoms with E-state index in [4.69, 9.17) is 4.78 Å². The molecule has 4 rings (SSSR count). The van der Waals surface area contributed by atoms with Gasteiger partial charge in [0.15, 0.2) is 0 Å². The van der Waals surface area contributed by atoms with Crippen LogP contribution in [0.1, 0.15) is 18.1 Å². The lowest BCUT2D eigenvalue weighted by atomic mass is 10.1. The van der Waals surface area contributed by atoms with Crippen LogP contribution in [0, 0.1) is 16.6 Å². The molecule has 2 aromatic heterocycles. The molecule has 168 valence electrons. The Balaban J connectivity index is 1.66. The fraction of sp³-hybridized carbons (Fsp3) is 0.174. The van der Waals surface area contributed by atoms with E-state index in [1.807, 2.05) is 32.2 Å². The van der Waals surface area contributed by atoms with Gasteiger partial charge in [0.1, 0.15) is 5.82 Å². The van der Waals surface area contributed by atoms with Crippen LogP contribution >= 0.6 is 0 Å². The summed E-state index contributed by atoms with van der Waals surface area (Å²) in [5.74, 6) is 7.14. The predicted octanol–water partition coefficient (Wildman–Crippen LogP) is 3.38. The molecule has 0 saturated carbocycles. The molecule has 0 spiro atoms. The molecule has 0 fully saturated rings. The summed E-state index contributed by atoms with van der Waals surface area (Å²) >= 11 is 0. The topological polar surface area (TPSA) is 129 Å². The normalized spacial score (nSPS) is 11.8. The molecule has 0 aliphatic rings. The number of hydrogen-bond donors (Lipinski definition) is 4. The molecular weight excluding hydrogens is 438 g/mol. The van der Waals surface area contributed by atoms with Crippen molar-refractivity contribution in [3.05, 3.63) is 66.0 Å². The number of aromatic nitrogens is 4. The monoisotopic (exact) mass is 460 g/mol. The number of hydrogen-bond acceptors (Lipinski definition) is 9. The van der Waals surface area contributed by atoms with Crippen molar-refractivity contribution in [3.63, 3.8) is 0 Å². The molecule has 0 unspecified atom stereocenters. The van der Waals surface area contributed by atoms with Crippen LogP contribution in [0.2, 0.25) is 0 Å². The number of rotatable bonds is 6. The Bertz CT molecular complexity index is 1420. The SMILES string of the molecule is C[C@H](CO)Nc1nc(Nc2ccc([S-](=N)=O)cc2)ncc1C#Cc1cccc2c1cnn2C. The van der Waals surface area contributed by atoms with Crippen molar-refractivity contribution in [1.29, 1.82) is 4.78 Å². The molecule has 2 aromatic carbocycles. The lowest BCUT2D eigenvalue weighted by molar-refractivity contribution is 0.281. The highest BCUT2D eigenvalue weighted by Gasteiger charge is 2.10. The van der Waals surface area contributed by atoms with E-state index in [0.717, 1.165) is 16.5 Å². The van der Waals surface area contributed by atoms with Gasteiger partial charge in [-0.2, -0.15) is 20.7 Å². The summed E-state index contributed by atoms with van der Waals surface area (Å²) in [5.41, 5.74) is 3.11. The van der Waals surface area contributed by atoms with Gasteiger partial charge in [-0.1, -0.05) is 34.9 Å². The van der Waals surface area contributed by atoms with E-state index in [0.29, 0.717) is 27.9 Å². The molecule has 2 heterocycles. The zero-order valence-electron chi connectivity index (χ0n) is 18.0. The van der Waals surface area contributed by atoms with Gasteiger partial charge in [-0.05, 0) is 31.2 Å². The number of aliphatic hydroxyl groups excluding tert-OH is 1. The highest BCUT2D eigenvalue weighted by atomic mass is 32.2. The average Bonchev–Trinajstić information content (AvgIpc) is 3.20. The smallest absolute Gasteiger partial charge is 0.229 e. The molecule has 0 aliphatic carbocycles. The molecule has 0 radical (unpaired) electrons. The molecule has 0 saturated heterocycles. The van der Waals surface area contributed by atoms with E-state index in [2.05, 4.69) is 37.5 Å². The molecule has 1 atom stereocenters. The largest absolute Gasteiger partial charge is 0.440 e. The average molecular weight is 461 g/mol. The Morgan fingerprint density at radius 1 is 1.15 bits per heavy atom. The zero-order valence-corrected chi connectivity index (χ0v) is 18.8. The number of nitrogens with one attached hydrogen (secondary N) is 3. The predicted molar refractivity (Wildman–Crippen MR) is 128 cm³/mol. The van der Waals surface area contributed by atoms with Gasteiger partial charge in [-0.25, -0.2) is 4.98 Å². The van der Waals surface area contributed by atoms with E-state index in [-0.39, 0.29) is 12.6 Å². The van der Waals surface area contributed by atoms with Crippen molar-refractivity contribution in [2.24, 2.45) is 7.05 Å². The Hall–Kier alpha value is -3.94. The highest BCUT2D eigenvalue weighted by Crippen LogP contribution is 2.20. The van der Waals surface area contributed by atoms with Gasteiger partial charge >= 0.3 is 0 Å². The summed E-state index contributed by atoms with van der Waals surface area (Å²) in [5, 5.41) is 21.0. The third-order valence-electron chi connectivity index (χ3n) is 4.89. The van der Waals surface area contributed by atoms with E-state index >= 15 is 0 Å². The fourth-order valence-corrected chi connectivity index (χ4v) is 3.52. The van der Waals surface area contributed by atoms with Crippen LogP contribution in [-0.2, 0) is 21.9 Å². The number of anilines is 3. The number of nitrogens with zero attached hydrogens (tertiary/aromatic N) is 4. The van der Waals surface area contributed by atoms with Crippen molar-refractivity contribution in [3.8, 4) is 11.8 Å². The van der Waals surface area contributed by atoms with Crippen LogP contribution in [0.4, 0.5) is 17.5 Å². The minimum absolute atomic E-state index is 0.0691. The molecule has 33 heavy (non-hydrogen) atoms. The molecule has 4 N–H and O–H groups in total.